The van der Waals surface area contributed by atoms with Gasteiger partial charge in [-0.25, -0.2) is 0 Å². The molecule has 0 unspecified atom stereocenters. The van der Waals surface area contributed by atoms with Crippen LogP contribution in [0.15, 0.2) is 66.3 Å². The quantitative estimate of drug-likeness (QED) is 0.366. The third-order valence-corrected chi connectivity index (χ3v) is 11.8. The van der Waals surface area contributed by atoms with Crippen molar-refractivity contribution in [2.45, 2.75) is 76.7 Å². The highest BCUT2D eigenvalue weighted by Crippen LogP contribution is 2.70. The van der Waals surface area contributed by atoms with Crippen molar-refractivity contribution in [1.29, 1.82) is 0 Å². The van der Waals surface area contributed by atoms with Gasteiger partial charge in [0.05, 0.1) is 18.8 Å². The van der Waals surface area contributed by atoms with Gasteiger partial charge < -0.3 is 30.5 Å². The highest BCUT2D eigenvalue weighted by atomic mass is 16.7. The molecular weight excluding hydrogens is 558 g/mol. The van der Waals surface area contributed by atoms with Crippen LogP contribution in [0.2, 0.25) is 0 Å². The molecule has 7 rings (SSSR count). The summed E-state index contributed by atoms with van der Waals surface area (Å²) in [6.07, 6.45) is 6.40. The first-order valence-electron chi connectivity index (χ1n) is 15.7. The van der Waals surface area contributed by atoms with Crippen LogP contribution in [0.5, 0.6) is 0 Å². The molecule has 2 aromatic rings. The lowest BCUT2D eigenvalue weighted by molar-refractivity contribution is -0.201. The Morgan fingerprint density at radius 2 is 1.84 bits per heavy atom. The molecule has 44 heavy (non-hydrogen) atoms. The number of carbonyl (C=O) groups excluding carboxylic acids is 2. The Kier molecular flexibility index (Phi) is 7.03. The Balaban J connectivity index is 1.16. The van der Waals surface area contributed by atoms with E-state index >= 15 is 0 Å². The summed E-state index contributed by atoms with van der Waals surface area (Å²) in [6, 6.07) is 13.4. The minimum absolute atomic E-state index is 0.00476. The number of nitrogens with two attached hydrogens (primary N) is 1. The predicted molar refractivity (Wildman–Crippen MR) is 163 cm³/mol. The zero-order valence-corrected chi connectivity index (χ0v) is 25.2. The summed E-state index contributed by atoms with van der Waals surface area (Å²) >= 11 is 0. The summed E-state index contributed by atoms with van der Waals surface area (Å²) in [5, 5.41) is 31.6. The first-order valence-corrected chi connectivity index (χ1v) is 15.7. The molecule has 1 heterocycles. The highest BCUT2D eigenvalue weighted by molar-refractivity contribution is 6.01. The van der Waals surface area contributed by atoms with E-state index in [1.54, 1.807) is 18.2 Å². The fraction of sp³-hybridized carbons (Fsp3) is 0.500. The fourth-order valence-corrected chi connectivity index (χ4v) is 9.76. The van der Waals surface area contributed by atoms with Gasteiger partial charge in [-0.3, -0.25) is 9.59 Å². The summed E-state index contributed by atoms with van der Waals surface area (Å²) in [5.74, 6) is -0.332. The molecule has 0 amide bonds. The Morgan fingerprint density at radius 1 is 1.09 bits per heavy atom. The molecule has 5 N–H and O–H groups in total. The number of hydrogen-bond acceptors (Lipinski definition) is 8. The standard InChI is InChI=1S/C36H41NO7/c1-34-12-11-25(40)15-24(34)8-9-26-27-16-31-36(30(42)19-39,35(27,2)17-29(41)32(26)34)44-33(43-31)22-6-3-20(4-7-22)13-23-14-21(18-38)5-10-28(23)37/h3-7,10-12,14-15,26-27,29,31-33,38-39,41H,8-9,13,16-19,37H2,1-2H3/t26-,27-,29-,31+,32+,33+,34-,35-,36+/m0/s1. The topological polar surface area (TPSA) is 139 Å². The lowest BCUT2D eigenvalue weighted by atomic mass is 9.46. The second-order valence-electron chi connectivity index (χ2n) is 13.9. The third-order valence-electron chi connectivity index (χ3n) is 11.8. The number of ketones is 2. The number of carbonyl (C=O) groups is 2. The van der Waals surface area contributed by atoms with Crippen LogP contribution >= 0.6 is 0 Å². The van der Waals surface area contributed by atoms with E-state index in [2.05, 4.69) is 6.92 Å². The number of ether oxygens (including phenoxy) is 2. The molecule has 2 aromatic carbocycles. The van der Waals surface area contributed by atoms with Gasteiger partial charge in [0.2, 0.25) is 0 Å². The van der Waals surface area contributed by atoms with E-state index in [9.17, 15) is 24.9 Å². The van der Waals surface area contributed by atoms with Crippen LogP contribution in [0.25, 0.3) is 0 Å². The third kappa shape index (κ3) is 4.15. The molecule has 8 heteroatoms. The maximum absolute atomic E-state index is 13.8. The van der Waals surface area contributed by atoms with Gasteiger partial charge in [0.25, 0.3) is 0 Å². The molecule has 3 saturated carbocycles. The molecule has 1 saturated heterocycles. The van der Waals surface area contributed by atoms with Crippen LogP contribution in [0.1, 0.15) is 68.1 Å². The van der Waals surface area contributed by atoms with Crippen LogP contribution < -0.4 is 5.73 Å². The number of benzene rings is 2. The van der Waals surface area contributed by atoms with Crippen molar-refractivity contribution in [3.8, 4) is 0 Å². The van der Waals surface area contributed by atoms with E-state index in [1.807, 2.05) is 49.4 Å². The molecule has 0 spiro atoms. The van der Waals surface area contributed by atoms with Gasteiger partial charge in [-0.1, -0.05) is 61.9 Å². The van der Waals surface area contributed by atoms with Crippen molar-refractivity contribution in [1.82, 2.24) is 0 Å². The van der Waals surface area contributed by atoms with Crippen molar-refractivity contribution >= 4 is 17.3 Å². The number of Topliss-reactive ketones (excluding diaryl/α,β-unsaturated/α-hetero) is 1. The number of aliphatic hydroxyl groups is 3. The lowest BCUT2D eigenvalue weighted by Crippen LogP contribution is -2.63. The predicted octanol–water partition coefficient (Wildman–Crippen LogP) is 3.95. The Bertz CT molecular complexity index is 1560. The first-order chi connectivity index (χ1) is 21.0. The molecule has 4 fully saturated rings. The van der Waals surface area contributed by atoms with Crippen LogP contribution in [0.4, 0.5) is 5.69 Å². The van der Waals surface area contributed by atoms with Gasteiger partial charge in [0, 0.05) is 28.0 Å². The van der Waals surface area contributed by atoms with E-state index in [0.29, 0.717) is 24.9 Å². The minimum atomic E-state index is -1.38. The van der Waals surface area contributed by atoms with Crippen molar-refractivity contribution in [3.63, 3.8) is 0 Å². The molecule has 8 nitrogen and oxygen atoms in total. The van der Waals surface area contributed by atoms with Gasteiger partial charge in [-0.05, 0) is 78.8 Å². The maximum Gasteiger partial charge on any atom is 0.193 e. The summed E-state index contributed by atoms with van der Waals surface area (Å²) in [6.45, 7) is 3.45. The number of aliphatic hydroxyl groups excluding tert-OH is 3. The SMILES string of the molecule is C[C@]12C=CC(=O)C=C1CC[C@@H]1[C@@H]2[C@@H](O)C[C@@]2(C)[C@H]1C[C@H]1O[C@@H](c3ccc(Cc4cc(CO)ccc4N)cc3)O[C@]12C(=O)CO. The number of allylic oxidation sites excluding steroid dienone is 4. The number of hydrogen-bond donors (Lipinski definition) is 4. The maximum atomic E-state index is 13.8. The fourth-order valence-electron chi connectivity index (χ4n) is 9.76. The second-order valence-corrected chi connectivity index (χ2v) is 13.9. The Hall–Kier alpha value is -3.14. The molecule has 1 aliphatic heterocycles. The molecule has 5 aliphatic rings. The number of anilines is 1. The lowest BCUT2D eigenvalue weighted by Gasteiger charge is -2.59. The van der Waals surface area contributed by atoms with Gasteiger partial charge in [-0.15, -0.1) is 0 Å². The molecular formula is C36H41NO7. The van der Waals surface area contributed by atoms with Crippen LogP contribution in [-0.2, 0) is 32.1 Å². The Labute approximate surface area is 257 Å². The van der Waals surface area contributed by atoms with E-state index in [1.165, 1.54) is 0 Å². The van der Waals surface area contributed by atoms with Crippen molar-refractivity contribution in [2.75, 3.05) is 12.3 Å². The van der Waals surface area contributed by atoms with Crippen molar-refractivity contribution in [2.24, 2.45) is 28.6 Å². The summed E-state index contributed by atoms with van der Waals surface area (Å²) in [5.41, 5.74) is 8.92. The number of fused-ring (bicyclic) bond motifs is 7. The molecule has 9 atom stereocenters. The zero-order chi connectivity index (χ0) is 31.0. The van der Waals surface area contributed by atoms with Gasteiger partial charge in [0.1, 0.15) is 6.61 Å². The first kappa shape index (κ1) is 29.6. The Morgan fingerprint density at radius 3 is 2.57 bits per heavy atom. The highest BCUT2D eigenvalue weighted by Gasteiger charge is 2.75. The number of rotatable bonds is 6. The van der Waals surface area contributed by atoms with E-state index in [0.717, 1.165) is 40.7 Å². The average Bonchev–Trinajstić information content (AvgIpc) is 3.51. The largest absolute Gasteiger partial charge is 0.398 e. The van der Waals surface area contributed by atoms with E-state index < -0.39 is 47.3 Å². The van der Waals surface area contributed by atoms with Crippen molar-refractivity contribution < 1.29 is 34.4 Å². The summed E-state index contributed by atoms with van der Waals surface area (Å²) in [7, 11) is 0. The van der Waals surface area contributed by atoms with E-state index in [4.69, 9.17) is 15.2 Å². The summed E-state index contributed by atoms with van der Waals surface area (Å²) < 4.78 is 13.3. The average molecular weight is 600 g/mol. The monoisotopic (exact) mass is 599 g/mol. The molecule has 4 aliphatic carbocycles. The van der Waals surface area contributed by atoms with Crippen molar-refractivity contribution in [3.05, 3.63) is 88.5 Å². The van der Waals surface area contributed by atoms with Gasteiger partial charge in [-0.2, -0.15) is 0 Å². The van der Waals surface area contributed by atoms with Crippen LogP contribution in [-0.4, -0.2) is 51.3 Å². The molecule has 232 valence electrons. The smallest absolute Gasteiger partial charge is 0.193 e. The minimum Gasteiger partial charge on any atom is -0.398 e. The number of nitrogen functional groups attached to an aromatic ring is 1. The van der Waals surface area contributed by atoms with Crippen LogP contribution in [0, 0.1) is 28.6 Å². The summed E-state index contributed by atoms with van der Waals surface area (Å²) in [4.78, 5) is 25.9. The van der Waals surface area contributed by atoms with Crippen LogP contribution in [0.3, 0.4) is 0 Å². The molecule has 0 bridgehead atoms. The van der Waals surface area contributed by atoms with Gasteiger partial charge >= 0.3 is 0 Å². The molecule has 0 aromatic heterocycles. The zero-order valence-electron chi connectivity index (χ0n) is 25.2. The van der Waals surface area contributed by atoms with E-state index in [-0.39, 0.29) is 30.1 Å². The normalized spacial score (nSPS) is 38.8. The van der Waals surface area contributed by atoms with Gasteiger partial charge in [0.15, 0.2) is 23.5 Å². The molecule has 0 radical (unpaired) electrons. The second kappa shape index (κ2) is 10.5.